The van der Waals surface area contributed by atoms with E-state index < -0.39 is 102 Å². The van der Waals surface area contributed by atoms with Crippen LogP contribution in [0.1, 0.15) is 79.1 Å². The zero-order chi connectivity index (χ0) is 44.4. The summed E-state index contributed by atoms with van der Waals surface area (Å²) in [7, 11) is 0. The van der Waals surface area contributed by atoms with E-state index in [0.717, 1.165) is 0 Å². The number of thioether (sulfide) groups is 1. The average Bonchev–Trinajstić information content (AvgIpc) is 3.87. The summed E-state index contributed by atoms with van der Waals surface area (Å²) in [5, 5.41) is 22.6. The van der Waals surface area contributed by atoms with Gasteiger partial charge in [0.1, 0.15) is 36.3 Å². The van der Waals surface area contributed by atoms with Crippen molar-refractivity contribution in [3.8, 4) is 0 Å². The highest BCUT2D eigenvalue weighted by molar-refractivity contribution is 7.98. The van der Waals surface area contributed by atoms with Crippen LogP contribution in [0.5, 0.6) is 0 Å². The van der Waals surface area contributed by atoms with Crippen LogP contribution in [0.3, 0.4) is 0 Å². The zero-order valence-electron chi connectivity index (χ0n) is 34.7. The number of carboxylic acid groups (broad SMARTS) is 1. The van der Waals surface area contributed by atoms with Gasteiger partial charge in [0, 0.05) is 25.4 Å². The van der Waals surface area contributed by atoms with Gasteiger partial charge >= 0.3 is 5.97 Å². The monoisotopic (exact) mass is 871 g/mol. The molecule has 0 radical (unpaired) electrons. The van der Waals surface area contributed by atoms with Crippen LogP contribution >= 0.6 is 24.4 Å². The van der Waals surface area contributed by atoms with Gasteiger partial charge in [-0.25, -0.2) is 4.79 Å². The molecule has 2 fully saturated rings. The van der Waals surface area contributed by atoms with E-state index >= 15 is 0 Å². The topological polar surface area (TPSA) is 314 Å². The highest BCUT2D eigenvalue weighted by Gasteiger charge is 2.43. The van der Waals surface area contributed by atoms with Gasteiger partial charge < -0.3 is 58.7 Å². The summed E-state index contributed by atoms with van der Waals surface area (Å²) < 4.78 is 0. The lowest BCUT2D eigenvalue weighted by molar-refractivity contribution is -0.147. The molecule has 12 N–H and O–H groups in total. The van der Waals surface area contributed by atoms with Crippen molar-refractivity contribution in [3.63, 3.8) is 0 Å². The Morgan fingerprint density at radius 2 is 1.46 bits per heavy atom. The molecule has 2 aliphatic heterocycles. The number of nitrogens with one attached hydrogen (secondary N) is 5. The normalized spacial score (nSPS) is 18.9. The number of thiol groups is 1. The molecule has 0 aromatic carbocycles. The number of aliphatic carboxylic acids is 1. The minimum absolute atomic E-state index is 0.00249. The van der Waals surface area contributed by atoms with Gasteiger partial charge in [-0.2, -0.15) is 24.4 Å². The number of nitrogens with two attached hydrogens (primary N) is 3. The maximum Gasteiger partial charge on any atom is 0.326 e. The molecule has 7 atom stereocenters. The molecule has 2 heterocycles. The average molecular weight is 872 g/mol. The van der Waals surface area contributed by atoms with E-state index in [-0.39, 0.29) is 56.5 Å². The summed E-state index contributed by atoms with van der Waals surface area (Å²) in [6.45, 7) is 7.42. The van der Waals surface area contributed by atoms with Crippen molar-refractivity contribution in [3.05, 3.63) is 0 Å². The fourth-order valence-electron chi connectivity index (χ4n) is 6.91. The molecule has 0 unspecified atom stereocenters. The second-order valence-corrected chi connectivity index (χ2v) is 16.9. The molecule has 2 rings (SSSR count). The second kappa shape index (κ2) is 25.3. The van der Waals surface area contributed by atoms with Crippen LogP contribution in [-0.2, 0) is 38.4 Å². The highest BCUT2D eigenvalue weighted by Crippen LogP contribution is 2.26. The molecule has 2 saturated heterocycles. The summed E-state index contributed by atoms with van der Waals surface area (Å²) in [5.41, 5.74) is 16.6. The van der Waals surface area contributed by atoms with E-state index in [4.69, 9.17) is 17.2 Å². The quantitative estimate of drug-likeness (QED) is 0.0215. The van der Waals surface area contributed by atoms with Gasteiger partial charge in [-0.1, -0.05) is 27.7 Å². The number of hydrogen-bond donors (Lipinski definition) is 10. The molecular weight excluding hydrogens is 807 g/mol. The van der Waals surface area contributed by atoms with E-state index in [0.29, 0.717) is 37.9 Å². The number of carbonyl (C=O) groups is 8. The predicted molar refractivity (Wildman–Crippen MR) is 227 cm³/mol. The van der Waals surface area contributed by atoms with Crippen LogP contribution in [0.15, 0.2) is 4.99 Å². The minimum Gasteiger partial charge on any atom is -0.480 e. The predicted octanol–water partition coefficient (Wildman–Crippen LogP) is -2.13. The van der Waals surface area contributed by atoms with Gasteiger partial charge in [0.25, 0.3) is 0 Å². The van der Waals surface area contributed by atoms with Gasteiger partial charge in [-0.05, 0) is 75.2 Å². The molecule has 0 aliphatic carbocycles. The molecule has 59 heavy (non-hydrogen) atoms. The Morgan fingerprint density at radius 1 is 0.831 bits per heavy atom. The molecular formula is C37H65N11O9S2. The lowest BCUT2D eigenvalue weighted by atomic mass is 10.0. The Labute approximate surface area is 355 Å². The number of aliphatic imine (C=N–C) groups is 1. The second-order valence-electron chi connectivity index (χ2n) is 15.6. The summed E-state index contributed by atoms with van der Waals surface area (Å²) in [4.78, 5) is 112. The van der Waals surface area contributed by atoms with Crippen LogP contribution in [0.4, 0.5) is 0 Å². The number of nitrogens with zero attached hydrogens (tertiary/aromatic N) is 3. The van der Waals surface area contributed by atoms with Crippen molar-refractivity contribution in [2.75, 3.05) is 43.9 Å². The standard InChI is InChI=1S/C37H65N11O9S2/c1-20(2)17-22(38)30(50)45-25(19-58)34(54)48-15-8-11-27(48)35(55)47-14-7-10-26(47)32(52)42-18-28(49)43-23(12-16-59-5)31(51)46-29(21(3)4)33(53)44-24(36(56)57)9-6-13-41-37(39)40/h20-27,29,58H,6-19,38H2,1-5H3,(H,42,52)(H,43,49)(H,44,53)(H,45,50)(H,46,51)(H,56,57)(H4,39,40,41)/t22-,23-,24-,25-,26-,27-,29-/m0/s1. The molecule has 7 amide bonds. The number of carbonyl (C=O) groups excluding carboxylic acids is 7. The Balaban J connectivity index is 2.05. The highest BCUT2D eigenvalue weighted by atomic mass is 32.2. The minimum atomic E-state index is -1.27. The number of amides is 7. The number of likely N-dealkylation sites (tertiary alicyclic amines) is 2. The molecule has 0 bridgehead atoms. The van der Waals surface area contributed by atoms with Gasteiger partial charge in [0.15, 0.2) is 5.96 Å². The van der Waals surface area contributed by atoms with E-state index in [1.807, 2.05) is 20.1 Å². The first kappa shape index (κ1) is 50.8. The largest absolute Gasteiger partial charge is 0.480 e. The first-order valence-corrected chi connectivity index (χ1v) is 22.1. The van der Waals surface area contributed by atoms with Gasteiger partial charge in [-0.15, -0.1) is 0 Å². The van der Waals surface area contributed by atoms with E-state index in [9.17, 15) is 43.5 Å². The Morgan fingerprint density at radius 3 is 2.03 bits per heavy atom. The van der Waals surface area contributed by atoms with Gasteiger partial charge in [0.2, 0.25) is 41.4 Å². The van der Waals surface area contributed by atoms with Crippen LogP contribution < -0.4 is 43.8 Å². The number of hydrogen-bond acceptors (Lipinski definition) is 12. The third-order valence-corrected chi connectivity index (χ3v) is 11.0. The Hall–Kier alpha value is -4.31. The summed E-state index contributed by atoms with van der Waals surface area (Å²) >= 11 is 5.70. The van der Waals surface area contributed by atoms with Crippen molar-refractivity contribution in [2.24, 2.45) is 34.0 Å². The fourth-order valence-corrected chi connectivity index (χ4v) is 7.63. The maximum absolute atomic E-state index is 13.9. The third kappa shape index (κ3) is 16.3. The Bertz CT molecular complexity index is 1520. The lowest BCUT2D eigenvalue weighted by Crippen LogP contribution is -2.58. The van der Waals surface area contributed by atoms with E-state index in [1.165, 1.54) is 21.6 Å². The SMILES string of the molecule is CSCC[C@H](NC(=O)CNC(=O)[C@@H]1CCCN1C(=O)[C@@H]1CCCN1C(=O)[C@H](CS)NC(=O)[C@@H](N)CC(C)C)C(=O)N[C@H](C(=O)N[C@@H](CCCN=C(N)N)C(=O)O)C(C)C. The Kier molecular flexibility index (Phi) is 21.8. The molecule has 2 aliphatic rings. The van der Waals surface area contributed by atoms with Crippen LogP contribution in [-0.4, -0.2) is 154 Å². The summed E-state index contributed by atoms with van der Waals surface area (Å²) in [5.74, 6) is -5.24. The van der Waals surface area contributed by atoms with Gasteiger partial charge in [0.05, 0.1) is 12.6 Å². The maximum atomic E-state index is 13.9. The first-order chi connectivity index (χ1) is 27.8. The molecule has 0 aromatic rings. The van der Waals surface area contributed by atoms with Crippen molar-refractivity contribution in [1.82, 2.24) is 36.4 Å². The summed E-state index contributed by atoms with van der Waals surface area (Å²) in [6, 6.07) is -7.04. The van der Waals surface area contributed by atoms with Crippen molar-refractivity contribution < 1.29 is 43.5 Å². The van der Waals surface area contributed by atoms with Gasteiger partial charge in [-0.3, -0.25) is 38.6 Å². The zero-order valence-corrected chi connectivity index (χ0v) is 36.4. The first-order valence-electron chi connectivity index (χ1n) is 20.0. The number of carboxylic acids is 1. The van der Waals surface area contributed by atoms with Crippen LogP contribution in [0.2, 0.25) is 0 Å². The van der Waals surface area contributed by atoms with Crippen molar-refractivity contribution in [1.29, 1.82) is 0 Å². The van der Waals surface area contributed by atoms with E-state index in [1.54, 1.807) is 13.8 Å². The molecule has 0 spiro atoms. The van der Waals surface area contributed by atoms with Crippen molar-refractivity contribution >= 4 is 77.7 Å². The van der Waals surface area contributed by atoms with Crippen molar-refractivity contribution in [2.45, 2.75) is 121 Å². The summed E-state index contributed by atoms with van der Waals surface area (Å²) in [6.07, 6.45) is 4.52. The third-order valence-electron chi connectivity index (χ3n) is 10.0. The number of rotatable bonds is 24. The molecule has 22 heteroatoms. The molecule has 20 nitrogen and oxygen atoms in total. The molecule has 334 valence electrons. The fraction of sp³-hybridized carbons (Fsp3) is 0.757. The smallest absolute Gasteiger partial charge is 0.326 e. The van der Waals surface area contributed by atoms with Crippen LogP contribution in [0.25, 0.3) is 0 Å². The van der Waals surface area contributed by atoms with E-state index in [2.05, 4.69) is 44.2 Å². The lowest BCUT2D eigenvalue weighted by Gasteiger charge is -2.33. The van der Waals surface area contributed by atoms with Crippen LogP contribution in [0, 0.1) is 11.8 Å². The molecule has 0 saturated carbocycles. The number of guanidine groups is 1. The molecule has 0 aromatic heterocycles.